The van der Waals surface area contributed by atoms with E-state index in [1.54, 1.807) is 7.05 Å². The monoisotopic (exact) mass is 241 g/mol. The summed E-state index contributed by atoms with van der Waals surface area (Å²) in [6, 6.07) is 0.678. The molecule has 0 aliphatic heterocycles. The van der Waals surface area contributed by atoms with E-state index in [9.17, 15) is 9.59 Å². The van der Waals surface area contributed by atoms with Crippen molar-refractivity contribution < 1.29 is 9.59 Å². The zero-order valence-electron chi connectivity index (χ0n) is 11.0. The lowest BCUT2D eigenvalue weighted by Crippen LogP contribution is -2.43. The SMILES string of the molecule is CCC(C)NCC(=O)N(C)CC(=O)NC1CC1. The summed E-state index contributed by atoms with van der Waals surface area (Å²) in [4.78, 5) is 24.6. The Bertz CT molecular complexity index is 277. The quantitative estimate of drug-likeness (QED) is 0.665. The van der Waals surface area contributed by atoms with E-state index >= 15 is 0 Å². The molecule has 0 aromatic rings. The van der Waals surface area contributed by atoms with E-state index in [4.69, 9.17) is 0 Å². The van der Waals surface area contributed by atoms with Gasteiger partial charge >= 0.3 is 0 Å². The van der Waals surface area contributed by atoms with Crippen molar-refractivity contribution in [3.8, 4) is 0 Å². The molecule has 0 aromatic carbocycles. The summed E-state index contributed by atoms with van der Waals surface area (Å²) < 4.78 is 0. The third-order valence-electron chi connectivity index (χ3n) is 2.96. The maximum atomic E-state index is 11.7. The van der Waals surface area contributed by atoms with Crippen molar-refractivity contribution in [2.75, 3.05) is 20.1 Å². The Morgan fingerprint density at radius 3 is 2.59 bits per heavy atom. The third-order valence-corrected chi connectivity index (χ3v) is 2.96. The van der Waals surface area contributed by atoms with E-state index in [1.165, 1.54) is 4.90 Å². The predicted octanol–water partition coefficient (Wildman–Crippen LogP) is 0.112. The summed E-state index contributed by atoms with van der Waals surface area (Å²) in [6.45, 7) is 4.54. The van der Waals surface area contributed by atoms with E-state index in [0.717, 1.165) is 19.3 Å². The van der Waals surface area contributed by atoms with E-state index in [1.807, 2.05) is 6.92 Å². The first-order valence-electron chi connectivity index (χ1n) is 6.29. The first-order valence-corrected chi connectivity index (χ1v) is 6.29. The first-order chi connectivity index (χ1) is 8.02. The second kappa shape index (κ2) is 6.59. The van der Waals surface area contributed by atoms with Gasteiger partial charge in [0.15, 0.2) is 0 Å². The number of hydrogen-bond acceptors (Lipinski definition) is 3. The van der Waals surface area contributed by atoms with Gasteiger partial charge in [-0.3, -0.25) is 9.59 Å². The number of amides is 2. The first kappa shape index (κ1) is 14.0. The maximum Gasteiger partial charge on any atom is 0.239 e. The molecule has 0 aromatic heterocycles. The second-order valence-corrected chi connectivity index (χ2v) is 4.78. The van der Waals surface area contributed by atoms with Crippen LogP contribution in [0.2, 0.25) is 0 Å². The van der Waals surface area contributed by atoms with Crippen molar-refractivity contribution in [2.24, 2.45) is 0 Å². The maximum absolute atomic E-state index is 11.7. The van der Waals surface area contributed by atoms with Crippen molar-refractivity contribution in [1.82, 2.24) is 15.5 Å². The van der Waals surface area contributed by atoms with Gasteiger partial charge in [-0.05, 0) is 26.2 Å². The summed E-state index contributed by atoms with van der Waals surface area (Å²) in [6.07, 6.45) is 3.12. The molecular weight excluding hydrogens is 218 g/mol. The topological polar surface area (TPSA) is 61.4 Å². The van der Waals surface area contributed by atoms with E-state index in [2.05, 4.69) is 17.6 Å². The van der Waals surface area contributed by atoms with Crippen LogP contribution in [0.4, 0.5) is 0 Å². The van der Waals surface area contributed by atoms with Crippen LogP contribution in [-0.4, -0.2) is 48.9 Å². The minimum absolute atomic E-state index is 0.0451. The average molecular weight is 241 g/mol. The number of rotatable bonds is 7. The summed E-state index contributed by atoms with van der Waals surface area (Å²) in [5, 5.41) is 5.98. The van der Waals surface area contributed by atoms with Crippen molar-refractivity contribution in [2.45, 2.75) is 45.2 Å². The summed E-state index contributed by atoms with van der Waals surface area (Å²) in [5.41, 5.74) is 0. The van der Waals surface area contributed by atoms with Gasteiger partial charge in [-0.2, -0.15) is 0 Å². The van der Waals surface area contributed by atoms with Gasteiger partial charge in [0.2, 0.25) is 11.8 Å². The largest absolute Gasteiger partial charge is 0.352 e. The highest BCUT2D eigenvalue weighted by atomic mass is 16.2. The Morgan fingerprint density at radius 2 is 2.06 bits per heavy atom. The molecule has 17 heavy (non-hydrogen) atoms. The fourth-order valence-electron chi connectivity index (χ4n) is 1.35. The predicted molar refractivity (Wildman–Crippen MR) is 66.6 cm³/mol. The number of carbonyl (C=O) groups is 2. The third kappa shape index (κ3) is 5.68. The van der Waals surface area contributed by atoms with Crippen molar-refractivity contribution in [1.29, 1.82) is 0 Å². The Labute approximate surface area is 103 Å². The van der Waals surface area contributed by atoms with Crippen LogP contribution in [0, 0.1) is 0 Å². The summed E-state index contributed by atoms with van der Waals surface area (Å²) in [5.74, 6) is -0.108. The van der Waals surface area contributed by atoms with Gasteiger partial charge in [0.1, 0.15) is 0 Å². The fraction of sp³-hybridized carbons (Fsp3) is 0.833. The molecule has 0 saturated heterocycles. The number of nitrogens with zero attached hydrogens (tertiary/aromatic N) is 1. The second-order valence-electron chi connectivity index (χ2n) is 4.78. The van der Waals surface area contributed by atoms with Crippen LogP contribution in [0.5, 0.6) is 0 Å². The van der Waals surface area contributed by atoms with Crippen LogP contribution in [0.25, 0.3) is 0 Å². The molecule has 2 N–H and O–H groups in total. The van der Waals surface area contributed by atoms with Gasteiger partial charge in [-0.25, -0.2) is 0 Å². The Hall–Kier alpha value is -1.10. The molecule has 0 radical (unpaired) electrons. The van der Waals surface area contributed by atoms with E-state index < -0.39 is 0 Å². The Kier molecular flexibility index (Phi) is 5.41. The molecular formula is C12H23N3O2. The van der Waals surface area contributed by atoms with Gasteiger partial charge in [0, 0.05) is 19.1 Å². The lowest BCUT2D eigenvalue weighted by Gasteiger charge is -2.18. The molecule has 98 valence electrons. The molecule has 0 heterocycles. The standard InChI is InChI=1S/C12H23N3O2/c1-4-9(2)13-7-12(17)15(3)8-11(16)14-10-5-6-10/h9-10,13H,4-8H2,1-3H3,(H,14,16). The zero-order chi connectivity index (χ0) is 12.8. The zero-order valence-corrected chi connectivity index (χ0v) is 11.0. The summed E-state index contributed by atoms with van der Waals surface area (Å²) in [7, 11) is 1.66. The van der Waals surface area contributed by atoms with Crippen molar-refractivity contribution in [3.63, 3.8) is 0 Å². The van der Waals surface area contributed by atoms with Crippen LogP contribution >= 0.6 is 0 Å². The molecule has 1 unspecified atom stereocenters. The highest BCUT2D eigenvalue weighted by molar-refractivity contribution is 5.85. The fourth-order valence-corrected chi connectivity index (χ4v) is 1.35. The highest BCUT2D eigenvalue weighted by Crippen LogP contribution is 2.18. The van der Waals surface area contributed by atoms with Gasteiger partial charge in [0.25, 0.3) is 0 Å². The highest BCUT2D eigenvalue weighted by Gasteiger charge is 2.24. The minimum Gasteiger partial charge on any atom is -0.352 e. The van der Waals surface area contributed by atoms with Crippen LogP contribution in [0.3, 0.4) is 0 Å². The molecule has 1 fully saturated rings. The van der Waals surface area contributed by atoms with E-state index in [-0.39, 0.29) is 18.4 Å². The molecule has 1 aliphatic rings. The lowest BCUT2D eigenvalue weighted by molar-refractivity contribution is -0.134. The normalized spacial score (nSPS) is 16.4. The Balaban J connectivity index is 2.18. The van der Waals surface area contributed by atoms with Crippen LogP contribution in [0.15, 0.2) is 0 Å². The van der Waals surface area contributed by atoms with Gasteiger partial charge in [-0.1, -0.05) is 6.92 Å². The molecule has 1 atom stereocenters. The lowest BCUT2D eigenvalue weighted by atomic mass is 10.2. The number of nitrogens with one attached hydrogen (secondary N) is 2. The molecule has 5 heteroatoms. The van der Waals surface area contributed by atoms with Crippen LogP contribution in [0.1, 0.15) is 33.1 Å². The van der Waals surface area contributed by atoms with Crippen molar-refractivity contribution in [3.05, 3.63) is 0 Å². The van der Waals surface area contributed by atoms with Crippen LogP contribution < -0.4 is 10.6 Å². The smallest absolute Gasteiger partial charge is 0.239 e. The van der Waals surface area contributed by atoms with Gasteiger partial charge < -0.3 is 15.5 Å². The van der Waals surface area contributed by atoms with Gasteiger partial charge in [-0.15, -0.1) is 0 Å². The molecule has 0 spiro atoms. The average Bonchev–Trinajstić information content (AvgIpc) is 3.08. The number of likely N-dealkylation sites (N-methyl/N-ethyl adjacent to an activating group) is 1. The van der Waals surface area contributed by atoms with Crippen LogP contribution in [-0.2, 0) is 9.59 Å². The molecule has 1 saturated carbocycles. The molecule has 5 nitrogen and oxygen atoms in total. The van der Waals surface area contributed by atoms with Gasteiger partial charge in [0.05, 0.1) is 13.1 Å². The van der Waals surface area contributed by atoms with Crippen molar-refractivity contribution >= 4 is 11.8 Å². The molecule has 1 rings (SSSR count). The van der Waals surface area contributed by atoms with E-state index in [0.29, 0.717) is 18.6 Å². The number of hydrogen-bond donors (Lipinski definition) is 2. The Morgan fingerprint density at radius 1 is 1.41 bits per heavy atom. The minimum atomic E-state index is -0.0631. The summed E-state index contributed by atoms with van der Waals surface area (Å²) >= 11 is 0. The molecule has 0 bridgehead atoms. The molecule has 1 aliphatic carbocycles. The number of carbonyl (C=O) groups excluding carboxylic acids is 2. The molecule has 2 amide bonds.